The number of phenols is 4. The lowest BCUT2D eigenvalue weighted by molar-refractivity contribution is 0.403. The van der Waals surface area contributed by atoms with E-state index in [1.165, 1.54) is 73.0 Å². The number of aromatic hydroxyl groups is 6. The van der Waals surface area contributed by atoms with Gasteiger partial charge in [-0.05, 0) is 59.7 Å². The van der Waals surface area contributed by atoms with Gasteiger partial charge in [0.05, 0.1) is 22.7 Å². The van der Waals surface area contributed by atoms with Crippen molar-refractivity contribution in [3.63, 3.8) is 0 Å². The van der Waals surface area contributed by atoms with Crippen molar-refractivity contribution in [1.29, 1.82) is 0 Å². The number of pyridine rings is 1. The summed E-state index contributed by atoms with van der Waals surface area (Å²) in [6.45, 7) is 0. The molecule has 0 radical (unpaired) electrons. The summed E-state index contributed by atoms with van der Waals surface area (Å²) in [4.78, 5) is 30.7. The van der Waals surface area contributed by atoms with E-state index in [2.05, 4.69) is 4.98 Å². The van der Waals surface area contributed by atoms with Crippen molar-refractivity contribution in [3.05, 3.63) is 133 Å². The monoisotopic (exact) mass is 581 g/mol. The van der Waals surface area contributed by atoms with Crippen LogP contribution in [0.15, 0.2) is 91.4 Å². The van der Waals surface area contributed by atoms with E-state index in [1.807, 2.05) is 0 Å². The van der Waals surface area contributed by atoms with E-state index in [0.717, 1.165) is 12.1 Å². The first kappa shape index (κ1) is 28.3. The molecular weight excluding hydrogens is 558 g/mol. The average Bonchev–Trinajstić information content (AvgIpc) is 2.97. The van der Waals surface area contributed by atoms with Crippen LogP contribution >= 0.6 is 0 Å². The lowest BCUT2D eigenvalue weighted by Gasteiger charge is -2.17. The van der Waals surface area contributed by atoms with E-state index < -0.39 is 28.7 Å². The van der Waals surface area contributed by atoms with Gasteiger partial charge >= 0.3 is 11.3 Å². The molecule has 5 rings (SSSR count). The third kappa shape index (κ3) is 6.10. The summed E-state index contributed by atoms with van der Waals surface area (Å²) in [7, 11) is 0. The van der Waals surface area contributed by atoms with Crippen molar-refractivity contribution in [3.8, 4) is 34.5 Å². The number of hydrogen-bond acceptors (Lipinski definition) is 11. The molecule has 11 nitrogen and oxygen atoms in total. The molecule has 0 saturated heterocycles. The van der Waals surface area contributed by atoms with Gasteiger partial charge in [0.2, 0.25) is 0 Å². The second-order valence-electron chi connectivity index (χ2n) is 9.32. The first-order chi connectivity index (χ1) is 20.6. The van der Waals surface area contributed by atoms with Crippen molar-refractivity contribution in [2.45, 2.75) is 5.92 Å². The molecule has 43 heavy (non-hydrogen) atoms. The molecule has 5 aromatic rings. The Kier molecular flexibility index (Phi) is 7.71. The van der Waals surface area contributed by atoms with Crippen LogP contribution in [0.3, 0.4) is 0 Å². The van der Waals surface area contributed by atoms with Crippen molar-refractivity contribution in [2.24, 2.45) is 0 Å². The SMILES string of the molecule is O=c1oc(C=Cc2ccc(O)c(O)c2)cc(O)c1C(c1ccccn1)c1c(O)cc(C=Cc2ccc(O)c(O)c2)oc1=O. The number of aromatic nitrogens is 1. The highest BCUT2D eigenvalue weighted by Gasteiger charge is 2.31. The molecule has 3 heterocycles. The van der Waals surface area contributed by atoms with Crippen molar-refractivity contribution in [2.75, 3.05) is 0 Å². The van der Waals surface area contributed by atoms with Gasteiger partial charge in [0.25, 0.3) is 0 Å². The molecule has 0 bridgehead atoms. The Bertz CT molecular complexity index is 1870. The number of nitrogens with zero attached hydrogens (tertiary/aromatic N) is 1. The van der Waals surface area contributed by atoms with E-state index in [0.29, 0.717) is 11.1 Å². The van der Waals surface area contributed by atoms with Crippen LogP contribution in [-0.2, 0) is 0 Å². The van der Waals surface area contributed by atoms with Gasteiger partial charge in [-0.2, -0.15) is 0 Å². The minimum absolute atomic E-state index is 0.0596. The van der Waals surface area contributed by atoms with Crippen molar-refractivity contribution in [1.82, 2.24) is 4.98 Å². The molecule has 0 unspecified atom stereocenters. The molecule has 2 aromatic carbocycles. The Labute approximate surface area is 242 Å². The van der Waals surface area contributed by atoms with Gasteiger partial charge in [0.1, 0.15) is 23.0 Å². The lowest BCUT2D eigenvalue weighted by Crippen LogP contribution is -2.22. The van der Waals surface area contributed by atoms with Gasteiger partial charge in [0.15, 0.2) is 23.0 Å². The summed E-state index contributed by atoms with van der Waals surface area (Å²) in [5, 5.41) is 60.3. The molecule has 216 valence electrons. The summed E-state index contributed by atoms with van der Waals surface area (Å²) < 4.78 is 10.8. The van der Waals surface area contributed by atoms with E-state index in [-0.39, 0.29) is 51.3 Å². The maximum Gasteiger partial charge on any atom is 0.344 e. The van der Waals surface area contributed by atoms with E-state index >= 15 is 0 Å². The van der Waals surface area contributed by atoms with Crippen LogP contribution in [0, 0.1) is 0 Å². The van der Waals surface area contributed by atoms with E-state index in [4.69, 9.17) is 8.83 Å². The van der Waals surface area contributed by atoms with Crippen LogP contribution in [0.2, 0.25) is 0 Å². The van der Waals surface area contributed by atoms with Gasteiger partial charge in [-0.25, -0.2) is 9.59 Å². The van der Waals surface area contributed by atoms with Gasteiger partial charge in [-0.3, -0.25) is 4.98 Å². The van der Waals surface area contributed by atoms with Crippen LogP contribution in [0.1, 0.15) is 45.4 Å². The molecule has 0 aliphatic heterocycles. The van der Waals surface area contributed by atoms with E-state index in [1.54, 1.807) is 12.1 Å². The predicted octanol–water partition coefficient (Wildman–Crippen LogP) is 4.74. The summed E-state index contributed by atoms with van der Waals surface area (Å²) in [5.74, 6) is -3.90. The van der Waals surface area contributed by atoms with Crippen LogP contribution in [0.4, 0.5) is 0 Å². The Morgan fingerprint density at radius 2 is 1.05 bits per heavy atom. The van der Waals surface area contributed by atoms with Crippen LogP contribution in [-0.4, -0.2) is 35.6 Å². The molecule has 0 aliphatic carbocycles. The maximum absolute atomic E-state index is 13.2. The largest absolute Gasteiger partial charge is 0.507 e. The second kappa shape index (κ2) is 11.7. The Hall–Kier alpha value is -6.23. The molecule has 11 heteroatoms. The summed E-state index contributed by atoms with van der Waals surface area (Å²) in [5.41, 5.74) is -1.71. The highest BCUT2D eigenvalue weighted by Crippen LogP contribution is 2.37. The molecule has 0 aliphatic rings. The van der Waals surface area contributed by atoms with Crippen molar-refractivity contribution < 1.29 is 39.5 Å². The summed E-state index contributed by atoms with van der Waals surface area (Å²) >= 11 is 0. The fraction of sp³-hybridized carbons (Fsp3) is 0.0312. The standard InChI is InChI=1S/C32H23NO10/c34-22-10-6-17(13-24(22)36)4-8-19-15-26(38)29(31(40)42-19)28(21-3-1-2-12-33-21)30-27(39)16-20(43-32(30)41)9-5-18-7-11-23(35)25(37)14-18/h1-16,28,34-39H. The zero-order valence-corrected chi connectivity index (χ0v) is 22.1. The van der Waals surface area contributed by atoms with Gasteiger partial charge < -0.3 is 39.5 Å². The van der Waals surface area contributed by atoms with E-state index in [9.17, 15) is 40.2 Å². The highest BCUT2D eigenvalue weighted by molar-refractivity contribution is 5.71. The zero-order valence-electron chi connectivity index (χ0n) is 22.1. The fourth-order valence-corrected chi connectivity index (χ4v) is 4.34. The first-order valence-corrected chi connectivity index (χ1v) is 12.7. The van der Waals surface area contributed by atoms with Gasteiger partial charge in [0, 0.05) is 18.3 Å². The summed E-state index contributed by atoms with van der Waals surface area (Å²) in [6.07, 6.45) is 7.06. The number of benzene rings is 2. The summed E-state index contributed by atoms with van der Waals surface area (Å²) in [6, 6.07) is 15.1. The first-order valence-electron chi connectivity index (χ1n) is 12.7. The quantitative estimate of drug-likeness (QED) is 0.145. The van der Waals surface area contributed by atoms with Crippen LogP contribution in [0.5, 0.6) is 34.5 Å². The van der Waals surface area contributed by atoms with Crippen LogP contribution in [0.25, 0.3) is 24.3 Å². The Morgan fingerprint density at radius 3 is 1.44 bits per heavy atom. The molecule has 0 atom stereocenters. The molecule has 0 spiro atoms. The fourth-order valence-electron chi connectivity index (χ4n) is 4.34. The minimum Gasteiger partial charge on any atom is -0.507 e. The predicted molar refractivity (Wildman–Crippen MR) is 156 cm³/mol. The maximum atomic E-state index is 13.2. The topological polar surface area (TPSA) is 195 Å². The number of rotatable bonds is 7. The van der Waals surface area contributed by atoms with Crippen molar-refractivity contribution >= 4 is 24.3 Å². The molecule has 3 aromatic heterocycles. The minimum atomic E-state index is -1.38. The number of phenolic OH excluding ortho intramolecular Hbond substituents is 4. The Morgan fingerprint density at radius 1 is 0.558 bits per heavy atom. The lowest BCUT2D eigenvalue weighted by atomic mass is 9.88. The van der Waals surface area contributed by atoms with Gasteiger partial charge in [-0.15, -0.1) is 0 Å². The second-order valence-corrected chi connectivity index (χ2v) is 9.32. The molecule has 0 fully saturated rings. The molecule has 6 N–H and O–H groups in total. The molecule has 0 amide bonds. The molecular formula is C32H23NO10. The molecule has 0 saturated carbocycles. The number of hydrogen-bond donors (Lipinski definition) is 6. The third-order valence-corrected chi connectivity index (χ3v) is 6.41. The smallest absolute Gasteiger partial charge is 0.344 e. The normalized spacial score (nSPS) is 12.2. The Balaban J connectivity index is 1.55. The van der Waals surface area contributed by atoms with Gasteiger partial charge in [-0.1, -0.05) is 30.4 Å². The third-order valence-electron chi connectivity index (χ3n) is 6.41. The van der Waals surface area contributed by atoms with Crippen LogP contribution < -0.4 is 11.3 Å². The average molecular weight is 582 g/mol. The highest BCUT2D eigenvalue weighted by atomic mass is 16.4. The zero-order chi connectivity index (χ0) is 30.7.